The van der Waals surface area contributed by atoms with Crippen LogP contribution in [-0.2, 0) is 11.3 Å². The van der Waals surface area contributed by atoms with E-state index < -0.39 is 0 Å². The Hall–Kier alpha value is -2.69. The van der Waals surface area contributed by atoms with Gasteiger partial charge in [-0.2, -0.15) is 9.67 Å². The van der Waals surface area contributed by atoms with Gasteiger partial charge in [-0.05, 0) is 24.3 Å². The Balaban J connectivity index is 1.74. The second kappa shape index (κ2) is 6.90. The maximum atomic E-state index is 11.5. The van der Waals surface area contributed by atoms with Crippen molar-refractivity contribution in [1.29, 1.82) is 0 Å². The fourth-order valence-electron chi connectivity index (χ4n) is 1.42. The van der Waals surface area contributed by atoms with Crippen molar-refractivity contribution in [2.24, 2.45) is 5.10 Å². The average molecular weight is 256 g/mol. The van der Waals surface area contributed by atoms with Crippen molar-refractivity contribution < 1.29 is 13.8 Å². The molecule has 1 amide bonds. The van der Waals surface area contributed by atoms with Crippen molar-refractivity contribution in [3.05, 3.63) is 60.8 Å². The molecule has 19 heavy (non-hydrogen) atoms. The van der Waals surface area contributed by atoms with Crippen LogP contribution < -0.4 is 9.99 Å². The molecule has 2 heterocycles. The van der Waals surface area contributed by atoms with E-state index in [-0.39, 0.29) is 12.5 Å². The number of amides is 1. The van der Waals surface area contributed by atoms with E-state index >= 15 is 0 Å². The largest absolute Gasteiger partial charge is 0.465 e. The molecule has 5 nitrogen and oxygen atoms in total. The Morgan fingerprint density at radius 1 is 1.32 bits per heavy atom. The maximum absolute atomic E-state index is 11.5. The lowest BCUT2D eigenvalue weighted by atomic mass is 10.4. The van der Waals surface area contributed by atoms with Gasteiger partial charge in [0.1, 0.15) is 5.76 Å². The molecule has 5 heteroatoms. The Kier molecular flexibility index (Phi) is 4.64. The number of nitrogens with zero attached hydrogens (tertiary/aromatic N) is 2. The second-order valence-corrected chi connectivity index (χ2v) is 3.74. The first-order valence-corrected chi connectivity index (χ1v) is 5.81. The highest BCUT2D eigenvalue weighted by atomic mass is 16.3. The van der Waals surface area contributed by atoms with Crippen LogP contribution in [0.5, 0.6) is 0 Å². The van der Waals surface area contributed by atoms with Gasteiger partial charge in [0.2, 0.25) is 6.54 Å². The van der Waals surface area contributed by atoms with Gasteiger partial charge in [0, 0.05) is 18.3 Å². The van der Waals surface area contributed by atoms with E-state index in [4.69, 9.17) is 4.42 Å². The van der Waals surface area contributed by atoms with E-state index in [9.17, 15) is 4.79 Å². The smallest absolute Gasteiger partial charge is 0.305 e. The number of carbonyl (C=O) groups is 1. The molecule has 0 spiro atoms. The second-order valence-electron chi connectivity index (χ2n) is 3.74. The first kappa shape index (κ1) is 12.8. The number of hydrogen-bond acceptors (Lipinski definition) is 3. The molecule has 1 N–H and O–H groups in total. The molecular weight excluding hydrogens is 242 g/mol. The Labute approximate surface area is 110 Å². The number of hydrogen-bond donors (Lipinski definition) is 1. The van der Waals surface area contributed by atoms with Crippen LogP contribution >= 0.6 is 0 Å². The van der Waals surface area contributed by atoms with Crippen LogP contribution in [0.1, 0.15) is 5.76 Å². The van der Waals surface area contributed by atoms with Crippen LogP contribution in [0.25, 0.3) is 6.08 Å². The minimum atomic E-state index is -0.182. The van der Waals surface area contributed by atoms with Crippen molar-refractivity contribution in [3.63, 3.8) is 0 Å². The monoisotopic (exact) mass is 256 g/mol. The zero-order chi connectivity index (χ0) is 13.3. The topological polar surface area (TPSA) is 58.5 Å². The molecule has 0 aliphatic heterocycles. The molecule has 0 unspecified atom stereocenters. The first-order valence-electron chi connectivity index (χ1n) is 5.81. The number of aromatic nitrogens is 1. The van der Waals surface area contributed by atoms with Crippen molar-refractivity contribution in [2.75, 3.05) is 0 Å². The van der Waals surface area contributed by atoms with Crippen molar-refractivity contribution in [2.45, 2.75) is 6.54 Å². The fourth-order valence-corrected chi connectivity index (χ4v) is 1.42. The summed E-state index contributed by atoms with van der Waals surface area (Å²) >= 11 is 0. The standard InChI is InChI=1S/C14H13N3O2/c18-14(12-17-9-2-1-3-10-17)16-15-8-4-6-13-7-5-11-19-13/h1-11H,12H2/p+1. The number of rotatable bonds is 5. The number of hydrazone groups is 1. The average Bonchev–Trinajstić information content (AvgIpc) is 2.92. The molecule has 2 aromatic heterocycles. The highest BCUT2D eigenvalue weighted by molar-refractivity contribution is 5.80. The van der Waals surface area contributed by atoms with Crippen LogP contribution in [0.15, 0.2) is 64.6 Å². The number of furan rings is 1. The molecule has 0 atom stereocenters. The third-order valence-electron chi connectivity index (χ3n) is 2.26. The molecule has 0 radical (unpaired) electrons. The lowest BCUT2D eigenvalue weighted by Crippen LogP contribution is -2.40. The molecule has 0 saturated heterocycles. The number of carbonyl (C=O) groups excluding carboxylic acids is 1. The fraction of sp³-hybridized carbons (Fsp3) is 0.0714. The van der Waals surface area contributed by atoms with E-state index in [0.717, 1.165) is 5.76 Å². The van der Waals surface area contributed by atoms with Crippen molar-refractivity contribution in [1.82, 2.24) is 5.43 Å². The lowest BCUT2D eigenvalue weighted by molar-refractivity contribution is -0.684. The summed E-state index contributed by atoms with van der Waals surface area (Å²) in [6.45, 7) is 0.236. The van der Waals surface area contributed by atoms with Gasteiger partial charge in [0.15, 0.2) is 12.4 Å². The molecule has 0 aromatic carbocycles. The summed E-state index contributed by atoms with van der Waals surface area (Å²) in [6.07, 6.45) is 10.2. The molecular formula is C14H14N3O2+. The Bertz CT molecular complexity index is 560. The molecule has 0 saturated carbocycles. The molecule has 0 fully saturated rings. The summed E-state index contributed by atoms with van der Waals surface area (Å²) in [5, 5.41) is 3.80. The number of pyridine rings is 1. The van der Waals surface area contributed by atoms with Crippen LogP contribution in [0.4, 0.5) is 0 Å². The molecule has 96 valence electrons. The van der Waals surface area contributed by atoms with E-state index in [1.54, 1.807) is 29.0 Å². The molecule has 0 bridgehead atoms. The summed E-state index contributed by atoms with van der Waals surface area (Å²) in [4.78, 5) is 11.5. The molecule has 0 aliphatic carbocycles. The predicted octanol–water partition coefficient (Wildman–Crippen LogP) is 1.38. The summed E-state index contributed by atoms with van der Waals surface area (Å²) in [7, 11) is 0. The first-order chi connectivity index (χ1) is 9.34. The van der Waals surface area contributed by atoms with Crippen LogP contribution in [0.2, 0.25) is 0 Å². The van der Waals surface area contributed by atoms with Crippen LogP contribution in [-0.4, -0.2) is 12.1 Å². The van der Waals surface area contributed by atoms with E-state index in [1.165, 1.54) is 6.21 Å². The normalized spacial score (nSPS) is 11.2. The summed E-state index contributed by atoms with van der Waals surface area (Å²) < 4.78 is 6.87. The Morgan fingerprint density at radius 3 is 2.89 bits per heavy atom. The highest BCUT2D eigenvalue weighted by Crippen LogP contribution is 2.00. The van der Waals surface area contributed by atoms with E-state index in [2.05, 4.69) is 10.5 Å². The quantitative estimate of drug-likeness (QED) is 0.499. The third-order valence-corrected chi connectivity index (χ3v) is 2.26. The molecule has 2 rings (SSSR count). The zero-order valence-electron chi connectivity index (χ0n) is 10.3. The van der Waals surface area contributed by atoms with Crippen molar-refractivity contribution >= 4 is 18.2 Å². The van der Waals surface area contributed by atoms with Gasteiger partial charge < -0.3 is 4.42 Å². The third kappa shape index (κ3) is 4.59. The van der Waals surface area contributed by atoms with Gasteiger partial charge in [0.25, 0.3) is 0 Å². The van der Waals surface area contributed by atoms with E-state index in [1.807, 2.05) is 36.7 Å². The van der Waals surface area contributed by atoms with Gasteiger partial charge >= 0.3 is 5.91 Å². The van der Waals surface area contributed by atoms with E-state index in [0.29, 0.717) is 0 Å². The van der Waals surface area contributed by atoms with Gasteiger partial charge in [-0.3, -0.25) is 4.79 Å². The number of nitrogens with one attached hydrogen (secondary N) is 1. The van der Waals surface area contributed by atoms with Gasteiger partial charge in [-0.15, -0.1) is 0 Å². The van der Waals surface area contributed by atoms with Gasteiger partial charge in [0.05, 0.1) is 6.26 Å². The minimum Gasteiger partial charge on any atom is -0.465 e. The maximum Gasteiger partial charge on any atom is 0.305 e. The predicted molar refractivity (Wildman–Crippen MR) is 71.0 cm³/mol. The van der Waals surface area contributed by atoms with Gasteiger partial charge in [-0.25, -0.2) is 5.43 Å². The minimum absolute atomic E-state index is 0.182. The van der Waals surface area contributed by atoms with Gasteiger partial charge in [-0.1, -0.05) is 6.07 Å². The van der Waals surface area contributed by atoms with Crippen LogP contribution in [0, 0.1) is 0 Å². The highest BCUT2D eigenvalue weighted by Gasteiger charge is 2.05. The SMILES string of the molecule is O=C(C[n+]1ccccc1)NN=CC=Cc1ccco1. The number of allylic oxidation sites excluding steroid dienone is 1. The summed E-state index contributed by atoms with van der Waals surface area (Å²) in [6, 6.07) is 9.25. The zero-order valence-corrected chi connectivity index (χ0v) is 10.3. The summed E-state index contributed by atoms with van der Waals surface area (Å²) in [5.41, 5.74) is 2.44. The van der Waals surface area contributed by atoms with Crippen LogP contribution in [0.3, 0.4) is 0 Å². The Morgan fingerprint density at radius 2 is 2.16 bits per heavy atom. The lowest BCUT2D eigenvalue weighted by Gasteiger charge is -1.95. The summed E-state index contributed by atoms with van der Waals surface area (Å²) in [5.74, 6) is 0.552. The molecule has 2 aromatic rings. The molecule has 0 aliphatic rings. The van der Waals surface area contributed by atoms with Crippen molar-refractivity contribution in [3.8, 4) is 0 Å².